The number of rotatable bonds is 9. The number of esters is 1. The molecule has 4 rings (SSSR count). The summed E-state index contributed by atoms with van der Waals surface area (Å²) in [5, 5.41) is 3.86. The largest absolute Gasteiger partial charge is 0.466 e. The quantitative estimate of drug-likeness (QED) is 0.131. The van der Waals surface area contributed by atoms with E-state index in [-0.39, 0.29) is 54.1 Å². The van der Waals surface area contributed by atoms with Gasteiger partial charge in [0, 0.05) is 18.3 Å². The van der Waals surface area contributed by atoms with Crippen molar-refractivity contribution in [1.82, 2.24) is 14.7 Å². The van der Waals surface area contributed by atoms with Crippen molar-refractivity contribution in [3.05, 3.63) is 81.6 Å². The number of carbonyl (C=O) groups is 3. The van der Waals surface area contributed by atoms with Crippen LogP contribution >= 0.6 is 11.6 Å². The van der Waals surface area contributed by atoms with Crippen molar-refractivity contribution in [2.45, 2.75) is 51.4 Å². The summed E-state index contributed by atoms with van der Waals surface area (Å²) < 4.78 is 77.1. The molecule has 0 spiro atoms. The third-order valence-electron chi connectivity index (χ3n) is 7.20. The summed E-state index contributed by atoms with van der Waals surface area (Å²) in [6, 6.07) is 5.86. The highest BCUT2D eigenvalue weighted by Crippen LogP contribution is 2.39. The van der Waals surface area contributed by atoms with E-state index in [1.807, 2.05) is 0 Å². The molecule has 2 N–H and O–H groups in total. The fraction of sp³-hybridized carbons (Fsp3) is 0.379. The van der Waals surface area contributed by atoms with Crippen molar-refractivity contribution in [2.75, 3.05) is 18.9 Å². The minimum atomic E-state index is -5.03. The number of amides is 1. The number of halogens is 6. The number of aromatic nitrogens is 2. The number of ketones is 1. The van der Waals surface area contributed by atoms with Crippen molar-refractivity contribution < 1.29 is 41.1 Å². The van der Waals surface area contributed by atoms with Crippen LogP contribution in [0.5, 0.6) is 0 Å². The number of ether oxygens (including phenoxy) is 1. The van der Waals surface area contributed by atoms with Crippen LogP contribution in [0.3, 0.4) is 0 Å². The Balaban J connectivity index is 1.69. The molecule has 0 unspecified atom stereocenters. The molecular formula is C29H28ClF5N4O4. The van der Waals surface area contributed by atoms with Crippen LogP contribution in [0.2, 0.25) is 5.02 Å². The lowest BCUT2D eigenvalue weighted by molar-refractivity contribution is -0.151. The zero-order valence-electron chi connectivity index (χ0n) is 23.0. The molecule has 1 heterocycles. The summed E-state index contributed by atoms with van der Waals surface area (Å²) in [5.74, 6) is -4.87. The van der Waals surface area contributed by atoms with E-state index >= 15 is 0 Å². The number of anilines is 1. The Bertz CT molecular complexity index is 1480. The minimum Gasteiger partial charge on any atom is -0.466 e. The summed E-state index contributed by atoms with van der Waals surface area (Å²) >= 11 is 6.13. The second kappa shape index (κ2) is 13.1. The number of hydrogen-bond acceptors (Lipinski definition) is 6. The van der Waals surface area contributed by atoms with Crippen LogP contribution in [0.15, 0.2) is 42.6 Å². The van der Waals surface area contributed by atoms with E-state index in [1.54, 1.807) is 6.92 Å². The molecule has 230 valence electrons. The second-order valence-corrected chi connectivity index (χ2v) is 10.6. The fourth-order valence-electron chi connectivity index (χ4n) is 5.27. The van der Waals surface area contributed by atoms with Crippen molar-refractivity contribution >= 4 is 34.9 Å². The predicted molar refractivity (Wildman–Crippen MR) is 146 cm³/mol. The first kappa shape index (κ1) is 31.9. The predicted octanol–water partition coefficient (Wildman–Crippen LogP) is 6.24. The van der Waals surface area contributed by atoms with Gasteiger partial charge in [0.15, 0.2) is 11.5 Å². The third-order valence-corrected chi connectivity index (χ3v) is 7.51. The van der Waals surface area contributed by atoms with Gasteiger partial charge in [-0.3, -0.25) is 19.1 Å². The number of benzene rings is 2. The van der Waals surface area contributed by atoms with Crippen LogP contribution in [-0.4, -0.2) is 45.5 Å². The topological polar surface area (TPSA) is 108 Å². The lowest BCUT2D eigenvalue weighted by Gasteiger charge is -2.29. The number of Topliss-reactive ketones (excluding diaryl/α,β-unsaturated/α-hetero) is 1. The van der Waals surface area contributed by atoms with Crippen LogP contribution in [-0.2, 0) is 22.3 Å². The maximum absolute atomic E-state index is 14.5. The monoisotopic (exact) mass is 626 g/mol. The lowest BCUT2D eigenvalue weighted by atomic mass is 9.86. The van der Waals surface area contributed by atoms with Crippen LogP contribution in [0.1, 0.15) is 70.6 Å². The number of nitrogen functional groups attached to an aromatic ring is 1. The number of nitrogens with two attached hydrogens (primary N) is 1. The highest BCUT2D eigenvalue weighted by Gasteiger charge is 2.43. The molecule has 1 amide bonds. The summed E-state index contributed by atoms with van der Waals surface area (Å²) in [6.45, 7) is 0.424. The van der Waals surface area contributed by atoms with Gasteiger partial charge in [-0.1, -0.05) is 17.7 Å². The van der Waals surface area contributed by atoms with E-state index in [2.05, 4.69) is 5.10 Å². The van der Waals surface area contributed by atoms with Gasteiger partial charge in [-0.05, 0) is 62.4 Å². The molecule has 1 aliphatic carbocycles. The number of carbonyl (C=O) groups excluding carboxylic acids is 3. The smallest absolute Gasteiger partial charge is 0.433 e. The van der Waals surface area contributed by atoms with Crippen molar-refractivity contribution in [1.29, 1.82) is 0 Å². The second-order valence-electron chi connectivity index (χ2n) is 10.2. The normalized spacial score (nSPS) is 17.0. The Morgan fingerprint density at radius 1 is 1.09 bits per heavy atom. The highest BCUT2D eigenvalue weighted by atomic mass is 35.5. The minimum absolute atomic E-state index is 0.0241. The first-order valence-electron chi connectivity index (χ1n) is 13.4. The van der Waals surface area contributed by atoms with Crippen LogP contribution in [0.4, 0.5) is 27.6 Å². The Morgan fingerprint density at radius 3 is 2.33 bits per heavy atom. The highest BCUT2D eigenvalue weighted by molar-refractivity contribution is 6.34. The molecule has 14 heteroatoms. The van der Waals surface area contributed by atoms with Gasteiger partial charge in [0.25, 0.3) is 5.91 Å². The van der Waals surface area contributed by atoms with Gasteiger partial charge >= 0.3 is 12.1 Å². The van der Waals surface area contributed by atoms with Crippen LogP contribution in [0.25, 0.3) is 0 Å². The zero-order chi connectivity index (χ0) is 31.5. The van der Waals surface area contributed by atoms with E-state index < -0.39 is 71.8 Å². The molecule has 0 atom stereocenters. The van der Waals surface area contributed by atoms with Gasteiger partial charge < -0.3 is 15.4 Å². The first-order valence-corrected chi connectivity index (χ1v) is 13.8. The van der Waals surface area contributed by atoms with E-state index in [9.17, 15) is 36.3 Å². The van der Waals surface area contributed by atoms with Gasteiger partial charge in [-0.2, -0.15) is 18.3 Å². The summed E-state index contributed by atoms with van der Waals surface area (Å²) in [6.07, 6.45) is -3.37. The van der Waals surface area contributed by atoms with Crippen molar-refractivity contribution in [3.63, 3.8) is 0 Å². The van der Waals surface area contributed by atoms with Crippen molar-refractivity contribution in [3.8, 4) is 0 Å². The molecule has 0 saturated heterocycles. The molecule has 1 aliphatic rings. The molecule has 2 aromatic carbocycles. The van der Waals surface area contributed by atoms with Gasteiger partial charge in [-0.25, -0.2) is 8.78 Å². The van der Waals surface area contributed by atoms with Crippen LogP contribution in [0, 0.1) is 17.6 Å². The van der Waals surface area contributed by atoms with Crippen molar-refractivity contribution in [2.24, 2.45) is 5.92 Å². The SMILES string of the molecule is CCOC(=O)C1CCC(n2ncc(C(=O)N(CC(=O)c3c(N)cccc3Cl)Cc3cc(F)cc(F)c3)c2C(F)(F)F)CC1. The molecule has 1 fully saturated rings. The Hall–Kier alpha value is -4.00. The fourth-order valence-corrected chi connectivity index (χ4v) is 5.56. The van der Waals surface area contributed by atoms with Gasteiger partial charge in [0.2, 0.25) is 0 Å². The van der Waals surface area contributed by atoms with E-state index in [0.29, 0.717) is 6.07 Å². The lowest BCUT2D eigenvalue weighted by Crippen LogP contribution is -2.37. The Labute approximate surface area is 248 Å². The molecule has 0 bridgehead atoms. The number of nitrogens with zero attached hydrogens (tertiary/aromatic N) is 3. The standard InChI is InChI=1S/C29H28ClF5N4O4/c1-2-43-28(42)17-6-8-20(9-7-17)39-26(29(33,34)35)21(13-37-39)27(41)38(14-16-10-18(31)12-19(32)11-16)15-24(40)25-22(30)4-3-5-23(25)36/h3-5,10-13,17,20H,2,6-9,14-15,36H2,1H3. The zero-order valence-corrected chi connectivity index (χ0v) is 23.7. The number of alkyl halides is 3. The Kier molecular flexibility index (Phi) is 9.73. The van der Waals surface area contributed by atoms with E-state index in [4.69, 9.17) is 22.1 Å². The number of hydrogen-bond donors (Lipinski definition) is 1. The molecule has 1 saturated carbocycles. The Morgan fingerprint density at radius 2 is 1.74 bits per heavy atom. The third kappa shape index (κ3) is 7.32. The van der Waals surface area contributed by atoms with Crippen LogP contribution < -0.4 is 5.73 Å². The summed E-state index contributed by atoms with van der Waals surface area (Å²) in [7, 11) is 0. The summed E-state index contributed by atoms with van der Waals surface area (Å²) in [5.41, 5.74) is 3.42. The van der Waals surface area contributed by atoms with Gasteiger partial charge in [0.05, 0.1) is 47.5 Å². The summed E-state index contributed by atoms with van der Waals surface area (Å²) in [4.78, 5) is 39.8. The molecular weight excluding hydrogens is 599 g/mol. The molecule has 3 aromatic rings. The molecule has 8 nitrogen and oxygen atoms in total. The maximum atomic E-state index is 14.5. The average molecular weight is 627 g/mol. The average Bonchev–Trinajstić information content (AvgIpc) is 3.38. The molecule has 0 radical (unpaired) electrons. The molecule has 1 aromatic heterocycles. The maximum Gasteiger partial charge on any atom is 0.433 e. The van der Waals surface area contributed by atoms with Gasteiger partial charge in [-0.15, -0.1) is 0 Å². The molecule has 43 heavy (non-hydrogen) atoms. The van der Waals surface area contributed by atoms with E-state index in [1.165, 1.54) is 18.2 Å². The van der Waals surface area contributed by atoms with E-state index in [0.717, 1.165) is 27.9 Å². The van der Waals surface area contributed by atoms with Gasteiger partial charge in [0.1, 0.15) is 11.6 Å². The molecule has 0 aliphatic heterocycles. The first-order chi connectivity index (χ1) is 20.3.